The molecule has 16 heavy (non-hydrogen) atoms. The molecule has 0 spiro atoms. The zero-order chi connectivity index (χ0) is 10.9. The van der Waals surface area contributed by atoms with Crippen LogP contribution in [-0.4, -0.2) is 13.6 Å². The van der Waals surface area contributed by atoms with Crippen LogP contribution in [0, 0.1) is 5.92 Å². The van der Waals surface area contributed by atoms with Crippen molar-refractivity contribution in [3.63, 3.8) is 0 Å². The predicted octanol–water partition coefficient (Wildman–Crippen LogP) is -0.466. The molecule has 0 aromatic heterocycles. The first-order valence-electron chi connectivity index (χ1n) is 4.98. The molecule has 0 aliphatic heterocycles. The minimum Gasteiger partial charge on any atom is -0.493 e. The van der Waals surface area contributed by atoms with Crippen molar-refractivity contribution in [2.45, 2.75) is 12.8 Å². The summed E-state index contributed by atoms with van der Waals surface area (Å²) in [4.78, 5) is 0. The van der Waals surface area contributed by atoms with Gasteiger partial charge in [0, 0.05) is 0 Å². The van der Waals surface area contributed by atoms with E-state index in [-0.39, 0.29) is 51.4 Å². The van der Waals surface area contributed by atoms with Crippen molar-refractivity contribution in [1.82, 2.24) is 0 Å². The van der Waals surface area contributed by atoms with E-state index < -0.39 is 12.4 Å². The molecule has 6 heteroatoms. The van der Waals surface area contributed by atoms with Gasteiger partial charge in [-0.2, -0.15) is 0 Å². The Morgan fingerprint density at radius 3 is 2.50 bits per heavy atom. The Balaban J connectivity index is 0.00000128. The molecule has 0 saturated heterocycles. The third-order valence-corrected chi connectivity index (χ3v) is 2.42. The largest absolute Gasteiger partial charge is 1.00 e. The molecule has 1 saturated carbocycles. The van der Waals surface area contributed by atoms with Crippen LogP contribution in [0.1, 0.15) is 12.8 Å². The zero-order valence-corrected chi connectivity index (χ0v) is 12.3. The Hall–Kier alpha value is 0.511. The van der Waals surface area contributed by atoms with Gasteiger partial charge in [0.2, 0.25) is 0 Å². The van der Waals surface area contributed by atoms with Gasteiger partial charge in [0.25, 0.3) is 0 Å². The van der Waals surface area contributed by atoms with Gasteiger partial charge < -0.3 is 17.7 Å². The first kappa shape index (κ1) is 14.6. The summed E-state index contributed by atoms with van der Waals surface area (Å²) in [5.74, 6) is 0.864. The van der Waals surface area contributed by atoms with Gasteiger partial charge in [-0.05, 0) is 30.9 Å². The average molecular weight is 254 g/mol. The second-order valence-corrected chi connectivity index (χ2v) is 3.90. The normalized spacial score (nSPS) is 15.4. The van der Waals surface area contributed by atoms with E-state index in [1.807, 2.05) is 0 Å². The van der Waals surface area contributed by atoms with E-state index in [1.165, 1.54) is 6.07 Å². The van der Waals surface area contributed by atoms with Gasteiger partial charge in [0.15, 0.2) is 0 Å². The molecule has 0 amide bonds. The molecule has 1 aromatic rings. The molecule has 82 valence electrons. The van der Waals surface area contributed by atoms with Crippen molar-refractivity contribution in [3.8, 4) is 5.75 Å². The Labute approximate surface area is 135 Å². The Kier molecular flexibility index (Phi) is 5.38. The Morgan fingerprint density at radius 1 is 1.25 bits per heavy atom. The van der Waals surface area contributed by atoms with E-state index in [2.05, 4.69) is 0 Å². The van der Waals surface area contributed by atoms with Crippen LogP contribution >= 0.6 is 0 Å². The van der Waals surface area contributed by atoms with Crippen LogP contribution in [0.2, 0.25) is 0 Å². The standard InChI is InChI=1S/C10H11BF3O.K/c12-11(13,14)9-2-1-3-10(6-9)15-7-8-4-5-8;/h1-3,6,8H,4-5,7H2;/q-1;+1. The molecule has 0 heterocycles. The van der Waals surface area contributed by atoms with Gasteiger partial charge in [-0.3, -0.25) is 0 Å². The van der Waals surface area contributed by atoms with Gasteiger partial charge in [0.05, 0.1) is 6.61 Å². The minimum atomic E-state index is -4.92. The van der Waals surface area contributed by atoms with Crippen LogP contribution in [0.4, 0.5) is 12.9 Å². The molecule has 1 fully saturated rings. The maximum absolute atomic E-state index is 12.4. The number of hydrogen-bond donors (Lipinski definition) is 0. The fourth-order valence-corrected chi connectivity index (χ4v) is 1.31. The molecule has 0 unspecified atom stereocenters. The van der Waals surface area contributed by atoms with Crippen molar-refractivity contribution in [3.05, 3.63) is 24.3 Å². The quantitative estimate of drug-likeness (QED) is 0.660. The van der Waals surface area contributed by atoms with E-state index in [4.69, 9.17) is 4.74 Å². The summed E-state index contributed by atoms with van der Waals surface area (Å²) in [6.45, 7) is -4.38. The van der Waals surface area contributed by atoms with E-state index >= 15 is 0 Å². The second kappa shape index (κ2) is 5.91. The molecule has 1 aromatic carbocycles. The summed E-state index contributed by atoms with van der Waals surface area (Å²) in [6.07, 6.45) is 2.26. The molecule has 1 aliphatic rings. The first-order valence-corrected chi connectivity index (χ1v) is 4.98. The topological polar surface area (TPSA) is 9.23 Å². The van der Waals surface area contributed by atoms with Crippen LogP contribution in [0.3, 0.4) is 0 Å². The molecule has 1 aliphatic carbocycles. The number of rotatable bonds is 4. The van der Waals surface area contributed by atoms with Gasteiger partial charge in [-0.25, -0.2) is 0 Å². The third-order valence-electron chi connectivity index (χ3n) is 2.42. The van der Waals surface area contributed by atoms with Crippen LogP contribution in [-0.2, 0) is 0 Å². The van der Waals surface area contributed by atoms with Gasteiger partial charge in [-0.15, -0.1) is 5.46 Å². The predicted molar refractivity (Wildman–Crippen MR) is 53.4 cm³/mol. The molecule has 0 atom stereocenters. The minimum absolute atomic E-state index is 0. The van der Waals surface area contributed by atoms with Gasteiger partial charge in [-0.1, -0.05) is 12.1 Å². The van der Waals surface area contributed by atoms with E-state index in [1.54, 1.807) is 6.07 Å². The van der Waals surface area contributed by atoms with Gasteiger partial charge >= 0.3 is 58.4 Å². The summed E-state index contributed by atoms with van der Waals surface area (Å²) >= 11 is 0. The smallest absolute Gasteiger partial charge is 0.493 e. The molecular formula is C10H11BF3KO. The van der Waals surface area contributed by atoms with Crippen LogP contribution in [0.25, 0.3) is 0 Å². The third kappa shape index (κ3) is 4.41. The first-order chi connectivity index (χ1) is 7.05. The average Bonchev–Trinajstić information content (AvgIpc) is 2.97. The Bertz CT molecular complexity index is 352. The molecule has 1 nitrogen and oxygen atoms in total. The maximum Gasteiger partial charge on any atom is 1.00 e. The number of halogens is 3. The summed E-state index contributed by atoms with van der Waals surface area (Å²) in [6, 6.07) is 5.09. The summed E-state index contributed by atoms with van der Waals surface area (Å²) in [5, 5.41) is 0. The molecule has 2 rings (SSSR count). The van der Waals surface area contributed by atoms with Crippen LogP contribution in [0.15, 0.2) is 24.3 Å². The molecule has 0 bridgehead atoms. The molecule has 0 radical (unpaired) electrons. The molecular weight excluding hydrogens is 243 g/mol. The van der Waals surface area contributed by atoms with Crippen LogP contribution in [0.5, 0.6) is 5.75 Å². The van der Waals surface area contributed by atoms with Crippen molar-refractivity contribution in [2.75, 3.05) is 6.61 Å². The fraction of sp³-hybridized carbons (Fsp3) is 0.400. The molecule has 0 N–H and O–H groups in total. The number of ether oxygens (including phenoxy) is 1. The Morgan fingerprint density at radius 2 is 1.94 bits per heavy atom. The maximum atomic E-state index is 12.4. The summed E-state index contributed by atoms with van der Waals surface area (Å²) in [7, 11) is 0. The second-order valence-electron chi connectivity index (χ2n) is 3.90. The van der Waals surface area contributed by atoms with Gasteiger partial charge in [0.1, 0.15) is 5.75 Å². The fourth-order valence-electron chi connectivity index (χ4n) is 1.31. The van der Waals surface area contributed by atoms with Crippen molar-refractivity contribution in [1.29, 1.82) is 0 Å². The van der Waals surface area contributed by atoms with Crippen molar-refractivity contribution < 1.29 is 69.1 Å². The van der Waals surface area contributed by atoms with E-state index in [0.717, 1.165) is 25.0 Å². The van der Waals surface area contributed by atoms with E-state index in [9.17, 15) is 12.9 Å². The number of hydrogen-bond acceptors (Lipinski definition) is 1. The zero-order valence-electron chi connectivity index (χ0n) is 9.13. The van der Waals surface area contributed by atoms with Crippen molar-refractivity contribution >= 4 is 12.4 Å². The summed E-state index contributed by atoms with van der Waals surface area (Å²) in [5.41, 5.74) is -0.594. The van der Waals surface area contributed by atoms with E-state index in [0.29, 0.717) is 18.3 Å². The monoisotopic (exact) mass is 254 g/mol. The van der Waals surface area contributed by atoms with Crippen LogP contribution < -0.4 is 61.6 Å². The summed E-state index contributed by atoms with van der Waals surface area (Å²) < 4.78 is 42.4. The van der Waals surface area contributed by atoms with Crippen molar-refractivity contribution in [2.24, 2.45) is 5.92 Å². The number of benzene rings is 1. The SMILES string of the molecule is F[B-](F)(F)c1cccc(OCC2CC2)c1.[K+].